The van der Waals surface area contributed by atoms with Gasteiger partial charge in [-0.3, -0.25) is 10.1 Å². The van der Waals surface area contributed by atoms with Gasteiger partial charge in [-0.15, -0.1) is 0 Å². The third kappa shape index (κ3) is 5.16. The summed E-state index contributed by atoms with van der Waals surface area (Å²) in [5.74, 6) is -0.000356. The van der Waals surface area contributed by atoms with Gasteiger partial charge in [0.15, 0.2) is 0 Å². The lowest BCUT2D eigenvalue weighted by atomic mass is 9.90. The Labute approximate surface area is 158 Å². The molecule has 4 N–H and O–H groups in total. The molecule has 144 valence electrons. The number of piperidine rings is 2. The van der Waals surface area contributed by atoms with Gasteiger partial charge in [0.25, 0.3) is 0 Å². The van der Waals surface area contributed by atoms with E-state index < -0.39 is 18.1 Å². The van der Waals surface area contributed by atoms with Crippen molar-refractivity contribution in [2.45, 2.75) is 44.1 Å². The second-order valence-electron chi connectivity index (χ2n) is 7.39. The molecule has 0 spiro atoms. The molecule has 0 aliphatic carbocycles. The smallest absolute Gasteiger partial charge is 0.225 e. The predicted octanol–water partition coefficient (Wildman–Crippen LogP) is 1.63. The number of benzene rings is 1. The second-order valence-corrected chi connectivity index (χ2v) is 7.83. The molecular formula is C19H27ClFN3O2. The molecule has 2 heterocycles. The molecule has 1 aromatic rings. The van der Waals surface area contributed by atoms with Crippen LogP contribution in [0.1, 0.15) is 24.8 Å². The van der Waals surface area contributed by atoms with E-state index in [2.05, 4.69) is 22.0 Å². The van der Waals surface area contributed by atoms with Gasteiger partial charge in [0.2, 0.25) is 5.91 Å². The Bertz CT molecular complexity index is 610. The molecule has 3 rings (SSSR count). The van der Waals surface area contributed by atoms with Crippen LogP contribution in [0.4, 0.5) is 4.39 Å². The lowest BCUT2D eigenvalue weighted by Crippen LogP contribution is -2.56. The lowest BCUT2D eigenvalue weighted by molar-refractivity contribution is -0.127. The fourth-order valence-corrected chi connectivity index (χ4v) is 4.03. The molecular weight excluding hydrogens is 357 g/mol. The van der Waals surface area contributed by atoms with Crippen LogP contribution in [-0.4, -0.2) is 49.1 Å². The van der Waals surface area contributed by atoms with E-state index in [-0.39, 0.29) is 25.1 Å². The van der Waals surface area contributed by atoms with Crippen molar-refractivity contribution in [3.63, 3.8) is 0 Å². The van der Waals surface area contributed by atoms with E-state index in [0.29, 0.717) is 12.5 Å². The summed E-state index contributed by atoms with van der Waals surface area (Å²) in [6, 6.07) is 7.37. The molecule has 2 fully saturated rings. The van der Waals surface area contributed by atoms with Gasteiger partial charge in [-0.2, -0.15) is 0 Å². The van der Waals surface area contributed by atoms with Gasteiger partial charge < -0.3 is 15.7 Å². The zero-order valence-electron chi connectivity index (χ0n) is 14.8. The largest absolute Gasteiger partial charge is 0.395 e. The molecule has 5 nitrogen and oxygen atoms in total. The number of alkyl halides is 1. The molecule has 0 aromatic heterocycles. The SMILES string of the molecule is O=C(NC1CCC(Cc2cccc(Cl)c2)CN1)C1CNC(CO)C(F)C1. The zero-order chi connectivity index (χ0) is 18.5. The van der Waals surface area contributed by atoms with E-state index in [0.717, 1.165) is 30.8 Å². The quantitative estimate of drug-likeness (QED) is 0.623. The first-order valence-corrected chi connectivity index (χ1v) is 9.69. The Kier molecular flexibility index (Phi) is 6.86. The van der Waals surface area contributed by atoms with Crippen LogP contribution in [0.3, 0.4) is 0 Å². The number of hydrogen-bond acceptors (Lipinski definition) is 4. The number of carbonyl (C=O) groups is 1. The summed E-state index contributed by atoms with van der Waals surface area (Å²) in [5, 5.41) is 19.1. The maximum atomic E-state index is 13.9. The molecule has 5 unspecified atom stereocenters. The van der Waals surface area contributed by atoms with Gasteiger partial charge in [-0.05, 0) is 49.3 Å². The first kappa shape index (κ1) is 19.5. The van der Waals surface area contributed by atoms with E-state index in [1.165, 1.54) is 5.56 Å². The highest BCUT2D eigenvalue weighted by atomic mass is 35.5. The number of nitrogens with one attached hydrogen (secondary N) is 3. The van der Waals surface area contributed by atoms with E-state index >= 15 is 0 Å². The average molecular weight is 384 g/mol. The summed E-state index contributed by atoms with van der Waals surface area (Å²) < 4.78 is 13.9. The summed E-state index contributed by atoms with van der Waals surface area (Å²) >= 11 is 6.04. The molecule has 2 saturated heterocycles. The molecule has 0 radical (unpaired) electrons. The van der Waals surface area contributed by atoms with Crippen molar-refractivity contribution >= 4 is 17.5 Å². The van der Waals surface area contributed by atoms with Crippen LogP contribution >= 0.6 is 11.6 Å². The average Bonchev–Trinajstić information content (AvgIpc) is 2.63. The van der Waals surface area contributed by atoms with Crippen molar-refractivity contribution in [1.29, 1.82) is 0 Å². The van der Waals surface area contributed by atoms with Crippen LogP contribution in [-0.2, 0) is 11.2 Å². The number of halogens is 2. The highest BCUT2D eigenvalue weighted by Gasteiger charge is 2.34. The van der Waals surface area contributed by atoms with Crippen molar-refractivity contribution < 1.29 is 14.3 Å². The topological polar surface area (TPSA) is 73.4 Å². The Morgan fingerprint density at radius 3 is 2.81 bits per heavy atom. The lowest BCUT2D eigenvalue weighted by Gasteiger charge is -2.34. The van der Waals surface area contributed by atoms with Crippen molar-refractivity contribution in [1.82, 2.24) is 16.0 Å². The minimum Gasteiger partial charge on any atom is -0.395 e. The third-order valence-electron chi connectivity index (χ3n) is 5.39. The minimum absolute atomic E-state index is 0.0632. The molecule has 7 heteroatoms. The highest BCUT2D eigenvalue weighted by Crippen LogP contribution is 2.22. The summed E-state index contributed by atoms with van der Waals surface area (Å²) in [4.78, 5) is 12.4. The fraction of sp³-hybridized carbons (Fsp3) is 0.632. The zero-order valence-corrected chi connectivity index (χ0v) is 15.5. The van der Waals surface area contributed by atoms with Crippen molar-refractivity contribution in [2.24, 2.45) is 11.8 Å². The standard InChI is InChI=1S/C19H27ClFN3O2/c20-15-3-1-2-12(7-15)6-13-4-5-18(23-9-13)24-19(26)14-8-16(21)17(11-25)22-10-14/h1-3,7,13-14,16-18,22-23,25H,4-6,8-11H2,(H,24,26). The van der Waals surface area contributed by atoms with Crippen LogP contribution in [0, 0.1) is 11.8 Å². The normalized spacial score (nSPS) is 32.2. The molecule has 2 aliphatic rings. The molecule has 1 aromatic carbocycles. The van der Waals surface area contributed by atoms with Gasteiger partial charge in [0, 0.05) is 18.1 Å². The Morgan fingerprint density at radius 2 is 2.15 bits per heavy atom. The third-order valence-corrected chi connectivity index (χ3v) is 5.62. The molecule has 26 heavy (non-hydrogen) atoms. The summed E-state index contributed by atoms with van der Waals surface area (Å²) in [5.41, 5.74) is 1.23. The summed E-state index contributed by atoms with van der Waals surface area (Å²) in [6.45, 7) is 0.994. The molecule has 0 saturated carbocycles. The van der Waals surface area contributed by atoms with Crippen molar-refractivity contribution in [2.75, 3.05) is 19.7 Å². The van der Waals surface area contributed by atoms with Crippen LogP contribution in [0.15, 0.2) is 24.3 Å². The number of hydrogen-bond donors (Lipinski definition) is 4. The van der Waals surface area contributed by atoms with Crippen LogP contribution < -0.4 is 16.0 Å². The van der Waals surface area contributed by atoms with E-state index in [9.17, 15) is 9.18 Å². The van der Waals surface area contributed by atoms with Gasteiger partial charge in [0.05, 0.1) is 24.7 Å². The summed E-state index contributed by atoms with van der Waals surface area (Å²) in [6.07, 6.45) is 1.75. The van der Waals surface area contributed by atoms with Crippen LogP contribution in [0.2, 0.25) is 5.02 Å². The maximum absolute atomic E-state index is 13.9. The Morgan fingerprint density at radius 1 is 1.31 bits per heavy atom. The Balaban J connectivity index is 1.42. The minimum atomic E-state index is -1.19. The predicted molar refractivity (Wildman–Crippen MR) is 99.7 cm³/mol. The molecule has 1 amide bonds. The molecule has 0 bridgehead atoms. The first-order valence-electron chi connectivity index (χ1n) is 9.31. The first-order chi connectivity index (χ1) is 12.5. The monoisotopic (exact) mass is 383 g/mol. The number of amides is 1. The Hall–Kier alpha value is -1.21. The van der Waals surface area contributed by atoms with E-state index in [1.54, 1.807) is 0 Å². The van der Waals surface area contributed by atoms with Gasteiger partial charge >= 0.3 is 0 Å². The van der Waals surface area contributed by atoms with Gasteiger partial charge in [-0.1, -0.05) is 23.7 Å². The summed E-state index contributed by atoms with van der Waals surface area (Å²) in [7, 11) is 0. The highest BCUT2D eigenvalue weighted by molar-refractivity contribution is 6.30. The van der Waals surface area contributed by atoms with Gasteiger partial charge in [0.1, 0.15) is 6.17 Å². The molecule has 2 aliphatic heterocycles. The van der Waals surface area contributed by atoms with Crippen molar-refractivity contribution in [3.8, 4) is 0 Å². The van der Waals surface area contributed by atoms with Crippen LogP contribution in [0.25, 0.3) is 0 Å². The van der Waals surface area contributed by atoms with E-state index in [1.807, 2.05) is 18.2 Å². The molecule has 5 atom stereocenters. The second kappa shape index (κ2) is 9.13. The number of aliphatic hydroxyl groups excluding tert-OH is 1. The van der Waals surface area contributed by atoms with Crippen LogP contribution in [0.5, 0.6) is 0 Å². The van der Waals surface area contributed by atoms with Crippen molar-refractivity contribution in [3.05, 3.63) is 34.9 Å². The number of rotatable bonds is 5. The van der Waals surface area contributed by atoms with E-state index in [4.69, 9.17) is 16.7 Å². The number of aliphatic hydroxyl groups is 1. The fourth-order valence-electron chi connectivity index (χ4n) is 3.82. The van der Waals surface area contributed by atoms with Gasteiger partial charge in [-0.25, -0.2) is 4.39 Å². The maximum Gasteiger partial charge on any atom is 0.225 e. The number of carbonyl (C=O) groups excluding carboxylic acids is 1.